The van der Waals surface area contributed by atoms with Crippen LogP contribution in [-0.2, 0) is 9.47 Å². The van der Waals surface area contributed by atoms with E-state index in [2.05, 4.69) is 16.2 Å². The zero-order chi connectivity index (χ0) is 16.6. The Kier molecular flexibility index (Phi) is 3.06. The Labute approximate surface area is 142 Å². The summed E-state index contributed by atoms with van der Waals surface area (Å²) in [5.41, 5.74) is 5.61. The van der Waals surface area contributed by atoms with Crippen molar-refractivity contribution in [3.05, 3.63) is 79.2 Å². The number of fused-ring (bicyclic) bond motifs is 1. The third-order valence-electron chi connectivity index (χ3n) is 4.16. The average Bonchev–Trinajstić information content (AvgIpc) is 3.42. The molecule has 0 saturated carbocycles. The van der Waals surface area contributed by atoms with Gasteiger partial charge in [-0.05, 0) is 30.3 Å². The highest BCUT2D eigenvalue weighted by Crippen LogP contribution is 2.28. The summed E-state index contributed by atoms with van der Waals surface area (Å²) in [5.74, 6) is 0. The van der Waals surface area contributed by atoms with Gasteiger partial charge in [0.1, 0.15) is 30.8 Å². The average molecular weight is 331 g/mol. The van der Waals surface area contributed by atoms with Gasteiger partial charge in [-0.2, -0.15) is 0 Å². The first kappa shape index (κ1) is 13.9. The first-order valence-electron chi connectivity index (χ1n) is 7.83. The second-order valence-corrected chi connectivity index (χ2v) is 5.67. The van der Waals surface area contributed by atoms with E-state index in [-0.39, 0.29) is 0 Å². The Hall–Kier alpha value is -3.54. The third kappa shape index (κ3) is 2.35. The zero-order valence-electron chi connectivity index (χ0n) is 13.1. The maximum absolute atomic E-state index is 5.38. The van der Waals surface area contributed by atoms with Crippen LogP contribution in [0.2, 0.25) is 0 Å². The van der Waals surface area contributed by atoms with E-state index in [9.17, 15) is 0 Å². The van der Waals surface area contributed by atoms with Gasteiger partial charge in [0.2, 0.25) is 0 Å². The van der Waals surface area contributed by atoms with E-state index in [4.69, 9.17) is 14.0 Å². The Balaban J connectivity index is 1.56. The molecule has 3 heterocycles. The van der Waals surface area contributed by atoms with E-state index >= 15 is 0 Å². The van der Waals surface area contributed by atoms with Crippen molar-refractivity contribution in [3.63, 3.8) is 0 Å². The van der Waals surface area contributed by atoms with Crippen LogP contribution >= 0.6 is 0 Å². The summed E-state index contributed by atoms with van der Waals surface area (Å²) in [7, 11) is 0. The van der Waals surface area contributed by atoms with Gasteiger partial charge in [-0.25, -0.2) is 4.98 Å². The minimum absolute atomic E-state index is 0.398. The van der Waals surface area contributed by atoms with E-state index in [1.165, 1.54) is 0 Å². The maximum Gasteiger partial charge on any atom is 0.266 e. The smallest absolute Gasteiger partial charge is 0.266 e. The fraction of sp³-hybridized carbons (Fsp3) is 0.0526. The van der Waals surface area contributed by atoms with Crippen molar-refractivity contribution < 1.29 is 14.0 Å². The van der Waals surface area contributed by atoms with Crippen molar-refractivity contribution in [1.82, 2.24) is 14.7 Å². The molecule has 2 aromatic heterocycles. The lowest BCUT2D eigenvalue weighted by molar-refractivity contribution is -0.0245. The summed E-state index contributed by atoms with van der Waals surface area (Å²) in [6.07, 6.45) is 6.07. The molecule has 122 valence electrons. The van der Waals surface area contributed by atoms with Gasteiger partial charge >= 0.3 is 0 Å². The Morgan fingerprint density at radius 3 is 2.72 bits per heavy atom. The normalized spacial score (nSPS) is 13.9. The molecule has 0 N–H and O–H groups in total. The molecule has 0 unspecified atom stereocenters. The van der Waals surface area contributed by atoms with Gasteiger partial charge in [0, 0.05) is 22.9 Å². The number of benzene rings is 2. The lowest BCUT2D eigenvalue weighted by atomic mass is 10.1. The van der Waals surface area contributed by atoms with Gasteiger partial charge in [-0.3, -0.25) is 4.57 Å². The molecule has 1 aliphatic rings. The van der Waals surface area contributed by atoms with E-state index in [1.54, 1.807) is 18.8 Å². The number of hydrogen-bond acceptors (Lipinski definition) is 5. The Morgan fingerprint density at radius 1 is 0.960 bits per heavy atom. The minimum atomic E-state index is -0.398. The van der Waals surface area contributed by atoms with Crippen molar-refractivity contribution in [1.29, 1.82) is 0 Å². The highest BCUT2D eigenvalue weighted by Gasteiger charge is 2.17. The molecule has 4 aromatic rings. The Bertz CT molecular complexity index is 1060. The van der Waals surface area contributed by atoms with Gasteiger partial charge in [-0.1, -0.05) is 17.3 Å². The molecule has 6 heteroatoms. The Morgan fingerprint density at radius 2 is 1.88 bits per heavy atom. The second-order valence-electron chi connectivity index (χ2n) is 5.67. The van der Waals surface area contributed by atoms with E-state index in [1.807, 2.05) is 53.4 Å². The summed E-state index contributed by atoms with van der Waals surface area (Å²) >= 11 is 0. The van der Waals surface area contributed by atoms with Crippen LogP contribution in [0, 0.1) is 0 Å². The van der Waals surface area contributed by atoms with Crippen LogP contribution in [0.3, 0.4) is 0 Å². The largest absolute Gasteiger partial charge is 0.455 e. The second kappa shape index (κ2) is 5.52. The van der Waals surface area contributed by atoms with Crippen molar-refractivity contribution >= 4 is 11.0 Å². The van der Waals surface area contributed by atoms with Crippen LogP contribution in [-0.4, -0.2) is 14.7 Å². The fourth-order valence-electron chi connectivity index (χ4n) is 2.95. The fourth-order valence-corrected chi connectivity index (χ4v) is 2.95. The summed E-state index contributed by atoms with van der Waals surface area (Å²) in [6.45, 7) is 0. The highest BCUT2D eigenvalue weighted by atomic mass is 16.7. The summed E-state index contributed by atoms with van der Waals surface area (Å²) in [5, 5.41) is 3.99. The zero-order valence-corrected chi connectivity index (χ0v) is 13.1. The van der Waals surface area contributed by atoms with Crippen LogP contribution in [0.4, 0.5) is 0 Å². The number of rotatable bonds is 3. The van der Waals surface area contributed by atoms with Crippen molar-refractivity contribution in [2.75, 3.05) is 0 Å². The predicted molar refractivity (Wildman–Crippen MR) is 90.6 cm³/mol. The van der Waals surface area contributed by atoms with Crippen molar-refractivity contribution in [3.8, 4) is 16.9 Å². The standard InChI is InChI=1S/C19H13N3O3/c1-2-13(16-6-7-25-21-16)10-15(3-1)22-12-20-17-11-14(4-5-18(17)22)19-23-8-9-24-19/h1-12,19H. The molecule has 0 saturated heterocycles. The monoisotopic (exact) mass is 331 g/mol. The SMILES string of the molecule is C1=COC(c2ccc3c(c2)ncn3-c2cccc(-c3ccon3)c2)O1. The van der Waals surface area contributed by atoms with Gasteiger partial charge in [0.25, 0.3) is 6.29 Å². The molecule has 5 rings (SSSR count). The minimum Gasteiger partial charge on any atom is -0.455 e. The molecule has 0 fully saturated rings. The summed E-state index contributed by atoms with van der Waals surface area (Å²) in [6, 6.07) is 15.9. The molecule has 0 bridgehead atoms. The molecule has 0 atom stereocenters. The summed E-state index contributed by atoms with van der Waals surface area (Å²) < 4.78 is 17.7. The lowest BCUT2D eigenvalue weighted by Gasteiger charge is -2.10. The molecule has 0 amide bonds. The van der Waals surface area contributed by atoms with Crippen LogP contribution in [0.15, 0.2) is 78.2 Å². The quantitative estimate of drug-likeness (QED) is 0.563. The number of hydrogen-bond donors (Lipinski definition) is 0. The molecule has 6 nitrogen and oxygen atoms in total. The number of aromatic nitrogens is 3. The van der Waals surface area contributed by atoms with Crippen molar-refractivity contribution in [2.24, 2.45) is 0 Å². The molecule has 2 aromatic carbocycles. The third-order valence-corrected chi connectivity index (χ3v) is 4.16. The summed E-state index contributed by atoms with van der Waals surface area (Å²) in [4.78, 5) is 4.52. The van der Waals surface area contributed by atoms with E-state index in [0.717, 1.165) is 33.5 Å². The lowest BCUT2D eigenvalue weighted by Crippen LogP contribution is -1.98. The number of imidazole rings is 1. The maximum atomic E-state index is 5.38. The first-order chi connectivity index (χ1) is 12.4. The van der Waals surface area contributed by atoms with Crippen LogP contribution in [0.5, 0.6) is 0 Å². The molecule has 25 heavy (non-hydrogen) atoms. The molecule has 1 aliphatic heterocycles. The first-order valence-corrected chi connectivity index (χ1v) is 7.83. The number of ether oxygens (including phenoxy) is 2. The predicted octanol–water partition coefficient (Wildman–Crippen LogP) is 4.20. The van der Waals surface area contributed by atoms with E-state index < -0.39 is 6.29 Å². The molecule has 0 aliphatic carbocycles. The van der Waals surface area contributed by atoms with Crippen LogP contribution in [0.25, 0.3) is 28.0 Å². The van der Waals surface area contributed by atoms with Gasteiger partial charge in [0.05, 0.1) is 11.0 Å². The van der Waals surface area contributed by atoms with Gasteiger partial charge in [-0.15, -0.1) is 0 Å². The van der Waals surface area contributed by atoms with Crippen molar-refractivity contribution in [2.45, 2.75) is 6.29 Å². The molecule has 0 radical (unpaired) electrons. The van der Waals surface area contributed by atoms with Gasteiger partial charge < -0.3 is 14.0 Å². The van der Waals surface area contributed by atoms with Gasteiger partial charge in [0.15, 0.2) is 0 Å². The number of nitrogens with zero attached hydrogens (tertiary/aromatic N) is 3. The van der Waals surface area contributed by atoms with Crippen LogP contribution < -0.4 is 0 Å². The molecule has 0 spiro atoms. The highest BCUT2D eigenvalue weighted by molar-refractivity contribution is 5.78. The topological polar surface area (TPSA) is 62.3 Å². The molecular formula is C19H13N3O3. The van der Waals surface area contributed by atoms with E-state index in [0.29, 0.717) is 0 Å². The van der Waals surface area contributed by atoms with Crippen LogP contribution in [0.1, 0.15) is 11.9 Å². The molecular weight excluding hydrogens is 318 g/mol.